The van der Waals surface area contributed by atoms with E-state index in [-0.39, 0.29) is 18.0 Å². The van der Waals surface area contributed by atoms with Crippen molar-refractivity contribution in [1.82, 2.24) is 9.80 Å². The number of nitro groups is 1. The van der Waals surface area contributed by atoms with Crippen LogP contribution in [0.5, 0.6) is 5.75 Å². The summed E-state index contributed by atoms with van der Waals surface area (Å²) < 4.78 is 43.3. The molecule has 10 heteroatoms. The quantitative estimate of drug-likeness (QED) is 0.599. The van der Waals surface area contributed by atoms with E-state index in [0.717, 1.165) is 51.2 Å². The topological polar surface area (TPSA) is 79.1 Å². The highest BCUT2D eigenvalue weighted by Gasteiger charge is 2.34. The van der Waals surface area contributed by atoms with Gasteiger partial charge in [-0.15, -0.1) is 0 Å². The Bertz CT molecular complexity index is 661. The molecule has 0 bridgehead atoms. The number of nitro benzene ring substituents is 1. The molecule has 0 spiro atoms. The van der Waals surface area contributed by atoms with E-state index in [1.807, 2.05) is 7.05 Å². The smallest absolute Gasteiger partial charge is 0.416 e. The Hall–Kier alpha value is -1.91. The van der Waals surface area contributed by atoms with Gasteiger partial charge in [-0.2, -0.15) is 13.2 Å². The van der Waals surface area contributed by atoms with Crippen LogP contribution in [0, 0.1) is 10.1 Å². The lowest BCUT2D eigenvalue weighted by atomic mass is 10.1. The molecule has 1 N–H and O–H groups in total. The number of halogens is 3. The first-order valence-corrected chi connectivity index (χ1v) is 9.63. The first-order chi connectivity index (χ1) is 13.6. The minimum Gasteiger partial charge on any atom is -0.483 e. The summed E-state index contributed by atoms with van der Waals surface area (Å²) >= 11 is 0. The fourth-order valence-corrected chi connectivity index (χ4v) is 3.21. The largest absolute Gasteiger partial charge is 0.483 e. The van der Waals surface area contributed by atoms with Crippen LogP contribution in [-0.4, -0.2) is 72.3 Å². The molecule has 1 aromatic rings. The van der Waals surface area contributed by atoms with Gasteiger partial charge < -0.3 is 19.6 Å². The number of alkyl halides is 3. The molecule has 29 heavy (non-hydrogen) atoms. The van der Waals surface area contributed by atoms with Gasteiger partial charge >= 0.3 is 11.9 Å². The Labute approximate surface area is 168 Å². The van der Waals surface area contributed by atoms with Crippen LogP contribution in [0.2, 0.25) is 0 Å². The van der Waals surface area contributed by atoms with Gasteiger partial charge in [-0.25, -0.2) is 0 Å². The summed E-state index contributed by atoms with van der Waals surface area (Å²) in [5.74, 6) is -0.109. The zero-order chi connectivity index (χ0) is 21.6. The number of rotatable bonds is 3. The molecule has 0 aromatic heterocycles. The molecule has 164 valence electrons. The molecule has 2 heterocycles. The second-order valence-corrected chi connectivity index (χ2v) is 7.59. The van der Waals surface area contributed by atoms with Crippen LogP contribution < -0.4 is 4.74 Å². The van der Waals surface area contributed by atoms with E-state index in [1.165, 1.54) is 0 Å². The lowest BCUT2D eigenvalue weighted by Crippen LogP contribution is -2.35. The minimum atomic E-state index is -4.61. The van der Waals surface area contributed by atoms with Gasteiger partial charge in [-0.05, 0) is 51.9 Å². The summed E-state index contributed by atoms with van der Waals surface area (Å²) in [7, 11) is 4.04. The fourth-order valence-electron chi connectivity index (χ4n) is 3.21. The lowest BCUT2D eigenvalue weighted by molar-refractivity contribution is -0.386. The van der Waals surface area contributed by atoms with Crippen molar-refractivity contribution >= 4 is 5.69 Å². The molecular formula is C19H28F3N3O4. The van der Waals surface area contributed by atoms with Gasteiger partial charge in [0.1, 0.15) is 6.10 Å². The van der Waals surface area contributed by atoms with Crippen molar-refractivity contribution in [3.05, 3.63) is 33.9 Å². The predicted octanol–water partition coefficient (Wildman–Crippen LogP) is 3.16. The summed E-state index contributed by atoms with van der Waals surface area (Å²) in [4.78, 5) is 14.4. The number of ether oxygens (including phenoxy) is 1. The molecule has 0 aliphatic carbocycles. The van der Waals surface area contributed by atoms with E-state index in [2.05, 4.69) is 16.8 Å². The summed E-state index contributed by atoms with van der Waals surface area (Å²) in [6, 6.07) is 2.35. The third-order valence-electron chi connectivity index (χ3n) is 5.13. The van der Waals surface area contributed by atoms with Crippen LogP contribution in [0.1, 0.15) is 31.2 Å². The van der Waals surface area contributed by atoms with E-state index in [0.29, 0.717) is 18.9 Å². The average Bonchev–Trinajstić information content (AvgIpc) is 2.66. The van der Waals surface area contributed by atoms with Gasteiger partial charge in [-0.3, -0.25) is 10.1 Å². The Morgan fingerprint density at radius 1 is 1.07 bits per heavy atom. The van der Waals surface area contributed by atoms with Crippen molar-refractivity contribution in [1.29, 1.82) is 0 Å². The van der Waals surface area contributed by atoms with Crippen LogP contribution in [-0.2, 0) is 6.18 Å². The molecule has 0 unspecified atom stereocenters. The SMILES string of the molecule is CN1CCC(O)CC1.CN1CCC(Oc2ccc(C(F)(F)F)cc2[N+](=O)[O-])CC1. The Balaban J connectivity index is 0.000000313. The van der Waals surface area contributed by atoms with Crippen molar-refractivity contribution in [3.8, 4) is 5.75 Å². The zero-order valence-corrected chi connectivity index (χ0v) is 16.7. The molecule has 3 rings (SSSR count). The average molecular weight is 419 g/mol. The van der Waals surface area contributed by atoms with Crippen LogP contribution in [0.25, 0.3) is 0 Å². The van der Waals surface area contributed by atoms with Crippen LogP contribution in [0.15, 0.2) is 18.2 Å². The number of hydrogen-bond donors (Lipinski definition) is 1. The van der Waals surface area contributed by atoms with Crippen molar-refractivity contribution in [2.75, 3.05) is 40.3 Å². The van der Waals surface area contributed by atoms with Gasteiger partial charge in [0.2, 0.25) is 0 Å². The number of hydrogen-bond acceptors (Lipinski definition) is 6. The molecule has 0 amide bonds. The summed E-state index contributed by atoms with van der Waals surface area (Å²) in [5.41, 5.74) is -1.70. The maximum Gasteiger partial charge on any atom is 0.416 e. The van der Waals surface area contributed by atoms with Crippen molar-refractivity contribution in [2.24, 2.45) is 0 Å². The van der Waals surface area contributed by atoms with Gasteiger partial charge in [0.05, 0.1) is 16.6 Å². The van der Waals surface area contributed by atoms with Crippen molar-refractivity contribution in [2.45, 2.75) is 44.1 Å². The molecule has 0 atom stereocenters. The van der Waals surface area contributed by atoms with Crippen LogP contribution in [0.4, 0.5) is 18.9 Å². The van der Waals surface area contributed by atoms with E-state index in [1.54, 1.807) is 0 Å². The maximum atomic E-state index is 12.6. The molecule has 2 aliphatic rings. The van der Waals surface area contributed by atoms with Crippen molar-refractivity contribution in [3.63, 3.8) is 0 Å². The summed E-state index contributed by atoms with van der Waals surface area (Å²) in [6.07, 6.45) is -1.56. The van der Waals surface area contributed by atoms with Gasteiger partial charge in [0.15, 0.2) is 5.75 Å². The van der Waals surface area contributed by atoms with E-state index >= 15 is 0 Å². The lowest BCUT2D eigenvalue weighted by Gasteiger charge is -2.29. The highest BCUT2D eigenvalue weighted by molar-refractivity contribution is 5.49. The zero-order valence-electron chi connectivity index (χ0n) is 16.7. The normalized spacial score (nSPS) is 20.1. The molecular weight excluding hydrogens is 391 g/mol. The third kappa shape index (κ3) is 7.45. The van der Waals surface area contributed by atoms with E-state index in [4.69, 9.17) is 9.84 Å². The summed E-state index contributed by atoms with van der Waals surface area (Å²) in [6.45, 7) is 3.69. The highest BCUT2D eigenvalue weighted by atomic mass is 19.4. The number of piperidine rings is 2. The van der Waals surface area contributed by atoms with Crippen molar-refractivity contribution < 1.29 is 27.9 Å². The number of benzene rings is 1. The maximum absolute atomic E-state index is 12.6. The minimum absolute atomic E-state index is 0.0220. The van der Waals surface area contributed by atoms with Crippen LogP contribution >= 0.6 is 0 Å². The third-order valence-corrected chi connectivity index (χ3v) is 5.13. The van der Waals surface area contributed by atoms with E-state index in [9.17, 15) is 23.3 Å². The highest BCUT2D eigenvalue weighted by Crippen LogP contribution is 2.36. The Kier molecular flexibility index (Phi) is 8.23. The second kappa shape index (κ2) is 10.2. The summed E-state index contributed by atoms with van der Waals surface area (Å²) in [5, 5.41) is 19.9. The standard InChI is InChI=1S/C13H15F3N2O3.C6H13NO/c1-17-6-4-10(5-7-17)21-12-3-2-9(13(14,15)16)8-11(12)18(19)20;1-7-4-2-6(8)3-5-7/h2-3,8,10H,4-7H2,1H3;6,8H,2-5H2,1H3. The fraction of sp³-hybridized carbons (Fsp3) is 0.684. The molecule has 0 radical (unpaired) electrons. The molecule has 1 aromatic carbocycles. The predicted molar refractivity (Wildman–Crippen MR) is 102 cm³/mol. The molecule has 7 nitrogen and oxygen atoms in total. The molecule has 2 saturated heterocycles. The number of aliphatic hydroxyl groups is 1. The number of nitrogens with zero attached hydrogens (tertiary/aromatic N) is 3. The Morgan fingerprint density at radius 2 is 1.59 bits per heavy atom. The Morgan fingerprint density at radius 3 is 2.03 bits per heavy atom. The molecule has 2 fully saturated rings. The first-order valence-electron chi connectivity index (χ1n) is 9.63. The molecule has 2 aliphatic heterocycles. The van der Waals surface area contributed by atoms with E-state index < -0.39 is 22.4 Å². The monoisotopic (exact) mass is 419 g/mol. The number of aliphatic hydroxyl groups excluding tert-OH is 1. The first kappa shape index (κ1) is 23.4. The van der Waals surface area contributed by atoms with Crippen LogP contribution in [0.3, 0.4) is 0 Å². The second-order valence-electron chi connectivity index (χ2n) is 7.59. The molecule has 0 saturated carbocycles. The number of likely N-dealkylation sites (tertiary alicyclic amines) is 2. The van der Waals surface area contributed by atoms with Gasteiger partial charge in [0, 0.05) is 32.2 Å². The van der Waals surface area contributed by atoms with Gasteiger partial charge in [0.25, 0.3) is 0 Å². The van der Waals surface area contributed by atoms with Gasteiger partial charge in [-0.1, -0.05) is 0 Å².